The van der Waals surface area contributed by atoms with E-state index in [-0.39, 0.29) is 42.0 Å². The van der Waals surface area contributed by atoms with E-state index in [2.05, 4.69) is 21.3 Å². The zero-order chi connectivity index (χ0) is 32.6. The number of rotatable bonds is 11. The van der Waals surface area contributed by atoms with Gasteiger partial charge in [0.1, 0.15) is 35.7 Å². The van der Waals surface area contributed by atoms with Crippen molar-refractivity contribution in [1.29, 1.82) is 0 Å². The van der Waals surface area contributed by atoms with Crippen molar-refractivity contribution in [3.8, 4) is 11.5 Å². The summed E-state index contributed by atoms with van der Waals surface area (Å²) in [7, 11) is 3.30. The third kappa shape index (κ3) is 7.91. The Kier molecular flexibility index (Phi) is 12.6. The molecule has 1 aromatic rings. The van der Waals surface area contributed by atoms with Gasteiger partial charge in [-0.3, -0.25) is 19.2 Å². The predicted octanol–water partition coefficient (Wildman–Crippen LogP) is 2.84. The average Bonchev–Trinajstić information content (AvgIpc) is 3.44. The molecule has 1 saturated heterocycles. The van der Waals surface area contributed by atoms with Gasteiger partial charge >= 0.3 is 0 Å². The van der Waals surface area contributed by atoms with E-state index < -0.39 is 36.2 Å². The minimum atomic E-state index is -1.01. The molecule has 244 valence electrons. The number of likely N-dealkylation sites (N-methyl/N-ethyl adjacent to an activating group) is 1. The van der Waals surface area contributed by atoms with E-state index in [0.717, 1.165) is 6.42 Å². The Morgan fingerprint density at radius 2 is 1.73 bits per heavy atom. The molecule has 4 N–H and O–H groups in total. The maximum Gasteiger partial charge on any atom is 0.247 e. The zero-order valence-electron chi connectivity index (χ0n) is 27.4. The molecule has 0 radical (unpaired) electrons. The van der Waals surface area contributed by atoms with Gasteiger partial charge in [0.15, 0.2) is 0 Å². The highest BCUT2D eigenvalue weighted by Crippen LogP contribution is 2.31. The maximum atomic E-state index is 14.3. The molecular formula is C33H51N5O6. The van der Waals surface area contributed by atoms with E-state index >= 15 is 0 Å². The molecule has 0 saturated carbocycles. The van der Waals surface area contributed by atoms with Crippen LogP contribution in [0.4, 0.5) is 0 Å². The fourth-order valence-corrected chi connectivity index (χ4v) is 5.79. The summed E-state index contributed by atoms with van der Waals surface area (Å²) in [5.41, 5.74) is 0.686. The van der Waals surface area contributed by atoms with Crippen LogP contribution in [-0.2, 0) is 19.2 Å². The summed E-state index contributed by atoms with van der Waals surface area (Å²) in [6, 6.07) is 2.14. The predicted molar refractivity (Wildman–Crippen MR) is 170 cm³/mol. The third-order valence-electron chi connectivity index (χ3n) is 9.25. The molecule has 8 atom stereocenters. The Morgan fingerprint density at radius 3 is 2.34 bits per heavy atom. The van der Waals surface area contributed by atoms with Crippen LogP contribution in [0, 0.1) is 17.8 Å². The van der Waals surface area contributed by atoms with Crippen LogP contribution in [-0.4, -0.2) is 79.5 Å². The van der Waals surface area contributed by atoms with Gasteiger partial charge in [-0.2, -0.15) is 0 Å². The van der Waals surface area contributed by atoms with E-state index in [9.17, 15) is 19.2 Å². The molecule has 2 heterocycles. The van der Waals surface area contributed by atoms with Crippen molar-refractivity contribution in [3.63, 3.8) is 0 Å². The molecule has 2 aliphatic heterocycles. The van der Waals surface area contributed by atoms with Crippen LogP contribution in [0.5, 0.6) is 11.5 Å². The summed E-state index contributed by atoms with van der Waals surface area (Å²) in [5.74, 6) is -0.636. The van der Waals surface area contributed by atoms with Crippen molar-refractivity contribution < 1.29 is 28.7 Å². The molecule has 3 rings (SSSR count). The van der Waals surface area contributed by atoms with Crippen LogP contribution in [0.2, 0.25) is 0 Å². The average molecular weight is 614 g/mol. The van der Waals surface area contributed by atoms with Gasteiger partial charge in [-0.25, -0.2) is 0 Å². The van der Waals surface area contributed by atoms with Crippen molar-refractivity contribution >= 4 is 29.7 Å². The van der Waals surface area contributed by atoms with Crippen LogP contribution < -0.4 is 30.7 Å². The minimum Gasteiger partial charge on any atom is -0.496 e. The number of amides is 4. The van der Waals surface area contributed by atoms with Crippen LogP contribution in [0.3, 0.4) is 0 Å². The molecule has 1 fully saturated rings. The van der Waals surface area contributed by atoms with E-state index in [4.69, 9.17) is 9.47 Å². The Morgan fingerprint density at radius 1 is 1.05 bits per heavy atom. The number of fused-ring (bicyclic) bond motifs is 3. The highest BCUT2D eigenvalue weighted by Gasteiger charge is 2.47. The van der Waals surface area contributed by atoms with Gasteiger partial charge < -0.3 is 35.6 Å². The Labute approximate surface area is 261 Å². The standard InChI is InChI=1S/C33H51N5O6/c1-9-19(4)26(34-7)31(40)37-28(21(6)11-3)33(42)38-17-15-25-29(38)32(41)36-27(20(5)10-2)30(39)35-16-14-22-18-23(44-25)12-13-24(22)43-8/h12-14,16,18-21,25-29,34H,9-11,15,17H2,1-8H3,(H,35,39)(H,36,41)(H,37,40). The van der Waals surface area contributed by atoms with Crippen LogP contribution in [0.1, 0.15) is 72.8 Å². The zero-order valence-corrected chi connectivity index (χ0v) is 27.4. The summed E-state index contributed by atoms with van der Waals surface area (Å²) in [6.07, 6.45) is 5.05. The summed E-state index contributed by atoms with van der Waals surface area (Å²) >= 11 is 0. The Balaban J connectivity index is 2.03. The summed E-state index contributed by atoms with van der Waals surface area (Å²) in [6.45, 7) is 12.0. The van der Waals surface area contributed by atoms with E-state index in [0.29, 0.717) is 36.3 Å². The highest BCUT2D eigenvalue weighted by atomic mass is 16.5. The SMILES string of the molecule is CCC(C)C(NC)C(=O)NC(C(=O)N1CCC2Oc3ccc(OC)c(c3)C=CNC(=O)C(C(C)CC)NC(=O)C21)C(C)CC. The first-order valence-electron chi connectivity index (χ1n) is 15.9. The number of carbonyl (C=O) groups excluding carboxylic acids is 4. The topological polar surface area (TPSA) is 138 Å². The molecule has 0 aliphatic carbocycles. The fraction of sp³-hybridized carbons (Fsp3) is 0.636. The number of methoxy groups -OCH3 is 1. The Hall–Kier alpha value is -3.60. The highest BCUT2D eigenvalue weighted by molar-refractivity contribution is 5.96. The molecule has 8 unspecified atom stereocenters. The second kappa shape index (κ2) is 15.9. The molecule has 4 amide bonds. The quantitative estimate of drug-likeness (QED) is 0.301. The largest absolute Gasteiger partial charge is 0.496 e. The van der Waals surface area contributed by atoms with Crippen LogP contribution >= 0.6 is 0 Å². The van der Waals surface area contributed by atoms with Crippen molar-refractivity contribution in [3.05, 3.63) is 30.0 Å². The molecule has 0 spiro atoms. The van der Waals surface area contributed by atoms with Gasteiger partial charge in [0.25, 0.3) is 0 Å². The van der Waals surface area contributed by atoms with Gasteiger partial charge in [-0.1, -0.05) is 60.8 Å². The second-order valence-corrected chi connectivity index (χ2v) is 12.1. The minimum absolute atomic E-state index is 0.0610. The van der Waals surface area contributed by atoms with Gasteiger partial charge in [0, 0.05) is 24.7 Å². The summed E-state index contributed by atoms with van der Waals surface area (Å²) in [4.78, 5) is 56.6. The maximum absolute atomic E-state index is 14.3. The van der Waals surface area contributed by atoms with Crippen molar-refractivity contribution in [2.24, 2.45) is 17.8 Å². The molecule has 11 heteroatoms. The lowest BCUT2D eigenvalue weighted by molar-refractivity contribution is -0.145. The number of benzene rings is 1. The molecule has 11 nitrogen and oxygen atoms in total. The number of hydrogen-bond acceptors (Lipinski definition) is 7. The number of ether oxygens (including phenoxy) is 2. The summed E-state index contributed by atoms with van der Waals surface area (Å²) < 4.78 is 11.9. The lowest BCUT2D eigenvalue weighted by Gasteiger charge is -2.34. The number of carbonyl (C=O) groups is 4. The molecule has 2 aliphatic rings. The first kappa shape index (κ1) is 34.9. The van der Waals surface area contributed by atoms with Crippen molar-refractivity contribution in [2.45, 2.75) is 97.5 Å². The van der Waals surface area contributed by atoms with Gasteiger partial charge in [-0.05, 0) is 49.1 Å². The van der Waals surface area contributed by atoms with Gasteiger partial charge in [-0.15, -0.1) is 0 Å². The van der Waals surface area contributed by atoms with Crippen molar-refractivity contribution in [1.82, 2.24) is 26.2 Å². The number of nitrogens with zero attached hydrogens (tertiary/aromatic N) is 1. The lowest BCUT2D eigenvalue weighted by Crippen LogP contribution is -2.61. The smallest absolute Gasteiger partial charge is 0.247 e. The fourth-order valence-electron chi connectivity index (χ4n) is 5.79. The lowest BCUT2D eigenvalue weighted by atomic mass is 9.94. The van der Waals surface area contributed by atoms with Gasteiger partial charge in [0.2, 0.25) is 23.6 Å². The monoisotopic (exact) mass is 613 g/mol. The summed E-state index contributed by atoms with van der Waals surface area (Å²) in [5, 5.41) is 11.8. The van der Waals surface area contributed by atoms with Crippen molar-refractivity contribution in [2.75, 3.05) is 20.7 Å². The first-order chi connectivity index (χ1) is 21.0. The van der Waals surface area contributed by atoms with E-state index in [1.807, 2.05) is 41.5 Å². The molecule has 2 bridgehead atoms. The number of likely N-dealkylation sites (tertiary alicyclic amines) is 1. The van der Waals surface area contributed by atoms with Crippen LogP contribution in [0.25, 0.3) is 6.08 Å². The molecule has 1 aromatic carbocycles. The van der Waals surface area contributed by atoms with Gasteiger partial charge in [0.05, 0.1) is 13.2 Å². The number of hydrogen-bond donors (Lipinski definition) is 4. The second-order valence-electron chi connectivity index (χ2n) is 12.1. The van der Waals surface area contributed by atoms with Crippen LogP contribution in [0.15, 0.2) is 24.4 Å². The van der Waals surface area contributed by atoms with E-state index in [1.54, 1.807) is 38.4 Å². The van der Waals surface area contributed by atoms with E-state index in [1.165, 1.54) is 11.1 Å². The molecule has 0 aromatic heterocycles. The first-order valence-corrected chi connectivity index (χ1v) is 15.9. The number of nitrogens with one attached hydrogen (secondary N) is 4. The molecule has 44 heavy (non-hydrogen) atoms. The Bertz CT molecular complexity index is 1210. The third-order valence-corrected chi connectivity index (χ3v) is 9.25. The molecular weight excluding hydrogens is 562 g/mol. The normalized spacial score (nSPS) is 23.6.